The fraction of sp³-hybridized carbons (Fsp3) is 0.0192. The second-order valence-corrected chi connectivity index (χ2v) is 14.0. The minimum atomic E-state index is -0.531. The lowest BCUT2D eigenvalue weighted by Gasteiger charge is -2.34. The van der Waals surface area contributed by atoms with Crippen molar-refractivity contribution in [2.24, 2.45) is 0 Å². The highest BCUT2D eigenvalue weighted by Crippen LogP contribution is 2.57. The van der Waals surface area contributed by atoms with Gasteiger partial charge in [0.05, 0.1) is 5.41 Å². The van der Waals surface area contributed by atoms with Gasteiger partial charge in [-0.1, -0.05) is 200 Å². The van der Waals surface area contributed by atoms with Gasteiger partial charge < -0.3 is 0 Å². The Morgan fingerprint density at radius 2 is 0.673 bits per heavy atom. The van der Waals surface area contributed by atoms with Crippen molar-refractivity contribution in [2.45, 2.75) is 5.41 Å². The van der Waals surface area contributed by atoms with Crippen molar-refractivity contribution in [3.63, 3.8) is 0 Å². The molecular weight excluding hydrogens is 667 g/mol. The van der Waals surface area contributed by atoms with Crippen molar-refractivity contribution >= 4 is 0 Å². The van der Waals surface area contributed by atoms with Crippen LogP contribution in [-0.2, 0) is 5.41 Å². The van der Waals surface area contributed by atoms with Gasteiger partial charge in [0.25, 0.3) is 0 Å². The molecule has 3 nitrogen and oxygen atoms in total. The molecule has 0 spiro atoms. The lowest BCUT2D eigenvalue weighted by Crippen LogP contribution is -2.28. The maximum atomic E-state index is 5.30. The highest BCUT2D eigenvalue weighted by molar-refractivity contribution is 5.94. The van der Waals surface area contributed by atoms with Crippen molar-refractivity contribution in [1.29, 1.82) is 0 Å². The zero-order valence-corrected chi connectivity index (χ0v) is 30.0. The zero-order chi connectivity index (χ0) is 36.6. The summed E-state index contributed by atoms with van der Waals surface area (Å²) in [6, 6.07) is 75.2. The smallest absolute Gasteiger partial charge is 0.164 e. The molecule has 0 fully saturated rings. The predicted molar refractivity (Wildman–Crippen MR) is 224 cm³/mol. The van der Waals surface area contributed by atoms with E-state index in [0.29, 0.717) is 17.5 Å². The third-order valence-corrected chi connectivity index (χ3v) is 10.8. The van der Waals surface area contributed by atoms with E-state index in [1.165, 1.54) is 38.9 Å². The summed E-state index contributed by atoms with van der Waals surface area (Å²) in [6.07, 6.45) is 0. The van der Waals surface area contributed by atoms with Gasteiger partial charge in [0.1, 0.15) is 0 Å². The average Bonchev–Trinajstić information content (AvgIpc) is 3.57. The number of hydrogen-bond acceptors (Lipinski definition) is 3. The lowest BCUT2D eigenvalue weighted by atomic mass is 9.67. The van der Waals surface area contributed by atoms with Crippen LogP contribution in [0.3, 0.4) is 0 Å². The molecule has 0 radical (unpaired) electrons. The van der Waals surface area contributed by atoms with E-state index in [1.807, 2.05) is 24.3 Å². The Morgan fingerprint density at radius 3 is 1.25 bits per heavy atom. The average molecular weight is 702 g/mol. The van der Waals surface area contributed by atoms with Crippen molar-refractivity contribution in [3.05, 3.63) is 235 Å². The SMILES string of the molecule is c1ccc(-c2ccc(-c3nc(-c4ccccc4)nc(-c4cc5c(cc4-c4ccccc4)C(c4ccccc4)(c4ccccc4)c4ccccc4-5)n3)cc2)cc1. The molecule has 1 heterocycles. The molecule has 1 aliphatic carbocycles. The second kappa shape index (κ2) is 13.6. The van der Waals surface area contributed by atoms with Gasteiger partial charge in [-0.05, 0) is 67.8 Å². The number of rotatable bonds is 7. The molecule has 8 aromatic carbocycles. The van der Waals surface area contributed by atoms with Gasteiger partial charge in [0.2, 0.25) is 0 Å². The Bertz CT molecular complexity index is 2730. The summed E-state index contributed by atoms with van der Waals surface area (Å²) in [6.45, 7) is 0. The summed E-state index contributed by atoms with van der Waals surface area (Å²) in [4.78, 5) is 15.7. The largest absolute Gasteiger partial charge is 0.208 e. The van der Waals surface area contributed by atoms with E-state index < -0.39 is 5.41 Å². The van der Waals surface area contributed by atoms with Gasteiger partial charge in [-0.3, -0.25) is 0 Å². The van der Waals surface area contributed by atoms with Crippen LogP contribution >= 0.6 is 0 Å². The summed E-state index contributed by atoms with van der Waals surface area (Å²) >= 11 is 0. The van der Waals surface area contributed by atoms with Crippen LogP contribution in [0.2, 0.25) is 0 Å². The van der Waals surface area contributed by atoms with Gasteiger partial charge in [-0.2, -0.15) is 0 Å². The van der Waals surface area contributed by atoms with Crippen LogP contribution < -0.4 is 0 Å². The second-order valence-electron chi connectivity index (χ2n) is 14.0. The fourth-order valence-corrected chi connectivity index (χ4v) is 8.31. The summed E-state index contributed by atoms with van der Waals surface area (Å²) in [5, 5.41) is 0. The zero-order valence-electron chi connectivity index (χ0n) is 30.0. The molecule has 258 valence electrons. The van der Waals surface area contributed by atoms with E-state index >= 15 is 0 Å². The van der Waals surface area contributed by atoms with Crippen molar-refractivity contribution in [1.82, 2.24) is 15.0 Å². The summed E-state index contributed by atoms with van der Waals surface area (Å²) in [7, 11) is 0. The molecule has 3 heteroatoms. The van der Waals surface area contributed by atoms with Crippen LogP contribution in [0.25, 0.3) is 67.5 Å². The number of hydrogen-bond donors (Lipinski definition) is 0. The van der Waals surface area contributed by atoms with Gasteiger partial charge in [-0.15, -0.1) is 0 Å². The molecule has 0 bridgehead atoms. The topological polar surface area (TPSA) is 38.7 Å². The van der Waals surface area contributed by atoms with E-state index in [0.717, 1.165) is 33.4 Å². The molecule has 0 N–H and O–H groups in total. The van der Waals surface area contributed by atoms with E-state index in [1.54, 1.807) is 0 Å². The number of fused-ring (bicyclic) bond motifs is 3. The summed E-state index contributed by atoms with van der Waals surface area (Å²) in [5.74, 6) is 1.90. The Labute approximate surface area is 321 Å². The molecule has 1 aliphatic rings. The third-order valence-electron chi connectivity index (χ3n) is 10.8. The van der Waals surface area contributed by atoms with E-state index in [2.05, 4.69) is 188 Å². The first-order valence-corrected chi connectivity index (χ1v) is 18.7. The fourth-order valence-electron chi connectivity index (χ4n) is 8.31. The van der Waals surface area contributed by atoms with Crippen LogP contribution in [0.15, 0.2) is 212 Å². The molecule has 0 saturated carbocycles. The maximum Gasteiger partial charge on any atom is 0.164 e. The number of aromatic nitrogens is 3. The molecule has 0 aliphatic heterocycles. The Balaban J connectivity index is 1.25. The lowest BCUT2D eigenvalue weighted by molar-refractivity contribution is 0.769. The van der Waals surface area contributed by atoms with Crippen molar-refractivity contribution < 1.29 is 0 Å². The van der Waals surface area contributed by atoms with Gasteiger partial charge in [-0.25, -0.2) is 15.0 Å². The minimum Gasteiger partial charge on any atom is -0.208 e. The van der Waals surface area contributed by atoms with Gasteiger partial charge in [0, 0.05) is 16.7 Å². The number of nitrogens with zero attached hydrogens (tertiary/aromatic N) is 3. The van der Waals surface area contributed by atoms with Crippen LogP contribution in [0.1, 0.15) is 22.3 Å². The molecule has 55 heavy (non-hydrogen) atoms. The maximum absolute atomic E-state index is 5.30. The first-order valence-electron chi connectivity index (χ1n) is 18.7. The van der Waals surface area contributed by atoms with E-state index in [4.69, 9.17) is 15.0 Å². The molecule has 0 unspecified atom stereocenters. The number of benzene rings is 8. The van der Waals surface area contributed by atoms with E-state index in [9.17, 15) is 0 Å². The minimum absolute atomic E-state index is 0.531. The normalized spacial score (nSPS) is 12.5. The summed E-state index contributed by atoms with van der Waals surface area (Å²) in [5.41, 5.74) is 14.1. The first-order chi connectivity index (χ1) is 27.3. The molecular formula is C52H35N3. The highest BCUT2D eigenvalue weighted by Gasteiger charge is 2.46. The third kappa shape index (κ3) is 5.57. The van der Waals surface area contributed by atoms with Crippen molar-refractivity contribution in [2.75, 3.05) is 0 Å². The standard InChI is InChI=1S/C52H35N3/c1-6-18-36(19-7-1)37-30-32-40(33-31-37)50-53-49(39-22-10-3-11-23-39)54-51(55-50)46-34-45-43-28-16-17-29-47(43)52(41-24-12-4-13-25-41,42-26-14-5-15-27-42)48(45)35-44(46)38-20-8-2-9-21-38/h1-35H. The quantitative estimate of drug-likeness (QED) is 0.166. The monoisotopic (exact) mass is 701 g/mol. The molecule has 10 rings (SSSR count). The molecule has 1 aromatic heterocycles. The van der Waals surface area contributed by atoms with Crippen LogP contribution in [0, 0.1) is 0 Å². The highest BCUT2D eigenvalue weighted by atomic mass is 15.0. The summed E-state index contributed by atoms with van der Waals surface area (Å²) < 4.78 is 0. The van der Waals surface area contributed by atoms with Crippen molar-refractivity contribution in [3.8, 4) is 67.5 Å². The van der Waals surface area contributed by atoms with E-state index in [-0.39, 0.29) is 0 Å². The van der Waals surface area contributed by atoms with Gasteiger partial charge in [0.15, 0.2) is 17.5 Å². The first kappa shape index (κ1) is 32.4. The molecule has 0 saturated heterocycles. The van der Waals surface area contributed by atoms with Crippen LogP contribution in [-0.4, -0.2) is 15.0 Å². The Hall–Kier alpha value is -7.23. The molecule has 9 aromatic rings. The van der Waals surface area contributed by atoms with Crippen LogP contribution in [0.5, 0.6) is 0 Å². The van der Waals surface area contributed by atoms with Crippen LogP contribution in [0.4, 0.5) is 0 Å². The molecule has 0 amide bonds. The predicted octanol–water partition coefficient (Wildman–Crippen LogP) is 12.6. The Morgan fingerprint density at radius 1 is 0.255 bits per heavy atom. The Kier molecular flexibility index (Phi) is 8.04. The molecule has 0 atom stereocenters. The van der Waals surface area contributed by atoms with Gasteiger partial charge >= 0.3 is 0 Å².